The lowest BCUT2D eigenvalue weighted by Gasteiger charge is -2.21. The molecule has 1 saturated carbocycles. The van der Waals surface area contributed by atoms with E-state index in [0.717, 1.165) is 37.9 Å². The zero-order valence-corrected chi connectivity index (χ0v) is 15.8. The van der Waals surface area contributed by atoms with E-state index in [-0.39, 0.29) is 24.4 Å². The highest BCUT2D eigenvalue weighted by atomic mass is 32.2. The molecule has 1 aromatic carbocycles. The van der Waals surface area contributed by atoms with Crippen LogP contribution in [0.2, 0.25) is 0 Å². The summed E-state index contributed by atoms with van der Waals surface area (Å²) < 4.78 is 16.6. The van der Waals surface area contributed by atoms with Crippen molar-refractivity contribution in [2.45, 2.75) is 63.4 Å². The van der Waals surface area contributed by atoms with Crippen LogP contribution in [0.15, 0.2) is 33.9 Å². The number of thioether (sulfide) groups is 1. The number of ether oxygens (including phenoxy) is 2. The average molecular weight is 376 g/mol. The molecule has 1 fully saturated rings. The Balaban J connectivity index is 1.40. The van der Waals surface area contributed by atoms with Crippen LogP contribution in [0, 0.1) is 0 Å². The van der Waals surface area contributed by atoms with Gasteiger partial charge in [-0.25, -0.2) is 0 Å². The number of carbonyl (C=O) groups is 1. The zero-order valence-electron chi connectivity index (χ0n) is 15.0. The van der Waals surface area contributed by atoms with Crippen molar-refractivity contribution in [3.63, 3.8) is 0 Å². The Morgan fingerprint density at radius 1 is 1.19 bits per heavy atom. The molecule has 0 atom stereocenters. The van der Waals surface area contributed by atoms with Crippen molar-refractivity contribution in [3.05, 3.63) is 35.7 Å². The molecular weight excluding hydrogens is 352 g/mol. The lowest BCUT2D eigenvalue weighted by molar-refractivity contribution is -0.147. The van der Waals surface area contributed by atoms with E-state index in [1.807, 2.05) is 24.3 Å². The number of benzene rings is 1. The highest BCUT2D eigenvalue weighted by Crippen LogP contribution is 2.22. The van der Waals surface area contributed by atoms with Crippen LogP contribution in [0.3, 0.4) is 0 Å². The van der Waals surface area contributed by atoms with Crippen molar-refractivity contribution >= 4 is 17.7 Å². The first-order chi connectivity index (χ1) is 12.7. The average Bonchev–Trinajstić information content (AvgIpc) is 3.14. The Bertz CT molecular complexity index is 696. The minimum absolute atomic E-state index is 0.0718. The number of hydrogen-bond acceptors (Lipinski definition) is 7. The van der Waals surface area contributed by atoms with Crippen LogP contribution < -0.4 is 4.74 Å². The first-order valence-electron chi connectivity index (χ1n) is 9.09. The quantitative estimate of drug-likeness (QED) is 0.505. The van der Waals surface area contributed by atoms with Gasteiger partial charge in [0.15, 0.2) is 6.61 Å². The van der Waals surface area contributed by atoms with Crippen molar-refractivity contribution in [3.8, 4) is 5.75 Å². The largest absolute Gasteiger partial charge is 0.484 e. The summed E-state index contributed by atoms with van der Waals surface area (Å²) in [5.41, 5.74) is 1.26. The van der Waals surface area contributed by atoms with Crippen molar-refractivity contribution < 1.29 is 18.7 Å². The molecule has 26 heavy (non-hydrogen) atoms. The maximum atomic E-state index is 11.9. The molecule has 0 unspecified atom stereocenters. The Morgan fingerprint density at radius 2 is 1.96 bits per heavy atom. The van der Waals surface area contributed by atoms with Crippen molar-refractivity contribution in [1.82, 2.24) is 10.2 Å². The first kappa shape index (κ1) is 18.8. The molecule has 6 nitrogen and oxygen atoms in total. The molecule has 0 bridgehead atoms. The number of nitrogens with zero attached hydrogens (tertiary/aromatic N) is 2. The zero-order chi connectivity index (χ0) is 18.2. The minimum atomic E-state index is -0.228. The number of carbonyl (C=O) groups excluding carboxylic acids is 1. The SMILES string of the molecule is CCc1ccc(OCc2nnc(SCC(=O)OC3CCCCC3)o2)cc1. The van der Waals surface area contributed by atoms with E-state index in [9.17, 15) is 4.79 Å². The van der Waals surface area contributed by atoms with Gasteiger partial charge in [0.1, 0.15) is 17.6 Å². The van der Waals surface area contributed by atoms with Crippen LogP contribution in [-0.4, -0.2) is 28.0 Å². The molecule has 1 heterocycles. The monoisotopic (exact) mass is 376 g/mol. The molecule has 2 aromatic rings. The number of aryl methyl sites for hydroxylation is 1. The van der Waals surface area contributed by atoms with E-state index in [2.05, 4.69) is 17.1 Å². The smallest absolute Gasteiger partial charge is 0.316 e. The number of hydrogen-bond donors (Lipinski definition) is 0. The summed E-state index contributed by atoms with van der Waals surface area (Å²) in [5.74, 6) is 1.09. The maximum absolute atomic E-state index is 11.9. The van der Waals surface area contributed by atoms with Crippen LogP contribution in [0.25, 0.3) is 0 Å². The fourth-order valence-corrected chi connectivity index (χ4v) is 3.41. The van der Waals surface area contributed by atoms with Gasteiger partial charge in [-0.3, -0.25) is 4.79 Å². The third kappa shape index (κ3) is 5.76. The van der Waals surface area contributed by atoms with Gasteiger partial charge in [-0.1, -0.05) is 37.2 Å². The van der Waals surface area contributed by atoms with Crippen LogP contribution in [0.4, 0.5) is 0 Å². The molecule has 0 amide bonds. The standard InChI is InChI=1S/C19H24N2O4S/c1-2-14-8-10-15(11-9-14)23-12-17-20-21-19(25-17)26-13-18(22)24-16-6-4-3-5-7-16/h8-11,16H,2-7,12-13H2,1H3. The summed E-state index contributed by atoms with van der Waals surface area (Å²) in [6, 6.07) is 7.91. The number of esters is 1. The summed E-state index contributed by atoms with van der Waals surface area (Å²) in [7, 11) is 0. The van der Waals surface area contributed by atoms with Gasteiger partial charge in [0.2, 0.25) is 0 Å². The normalized spacial score (nSPS) is 15.0. The van der Waals surface area contributed by atoms with Crippen LogP contribution in [-0.2, 0) is 22.6 Å². The Hall–Kier alpha value is -2.02. The molecule has 0 saturated heterocycles. The fraction of sp³-hybridized carbons (Fsp3) is 0.526. The Kier molecular flexibility index (Phi) is 6.94. The second kappa shape index (κ2) is 9.62. The third-order valence-corrected chi connectivity index (χ3v) is 5.10. The van der Waals surface area contributed by atoms with E-state index < -0.39 is 0 Å². The van der Waals surface area contributed by atoms with Gasteiger partial charge in [0, 0.05) is 0 Å². The summed E-state index contributed by atoms with van der Waals surface area (Å²) in [4.78, 5) is 11.9. The van der Waals surface area contributed by atoms with Crippen molar-refractivity contribution in [1.29, 1.82) is 0 Å². The van der Waals surface area contributed by atoms with Gasteiger partial charge in [-0.2, -0.15) is 0 Å². The predicted octanol–water partition coefficient (Wildman–Crippen LogP) is 4.18. The van der Waals surface area contributed by atoms with Crippen LogP contribution >= 0.6 is 11.8 Å². The second-order valence-corrected chi connectivity index (χ2v) is 7.21. The van der Waals surface area contributed by atoms with E-state index in [1.165, 1.54) is 23.7 Å². The molecule has 1 aliphatic rings. The van der Waals surface area contributed by atoms with Gasteiger partial charge >= 0.3 is 5.97 Å². The lowest BCUT2D eigenvalue weighted by Crippen LogP contribution is -2.21. The molecule has 0 radical (unpaired) electrons. The summed E-state index contributed by atoms with van der Waals surface area (Å²) in [5, 5.41) is 8.23. The minimum Gasteiger partial charge on any atom is -0.484 e. The van der Waals surface area contributed by atoms with E-state index in [0.29, 0.717) is 11.1 Å². The number of aromatic nitrogens is 2. The Morgan fingerprint density at radius 3 is 2.69 bits per heavy atom. The first-order valence-corrected chi connectivity index (χ1v) is 10.1. The van der Waals surface area contributed by atoms with E-state index in [1.54, 1.807) is 0 Å². The molecule has 140 valence electrons. The van der Waals surface area contributed by atoms with E-state index >= 15 is 0 Å². The predicted molar refractivity (Wildman–Crippen MR) is 98.1 cm³/mol. The van der Waals surface area contributed by atoms with Gasteiger partial charge in [0.25, 0.3) is 11.1 Å². The highest BCUT2D eigenvalue weighted by Gasteiger charge is 2.18. The van der Waals surface area contributed by atoms with Crippen molar-refractivity contribution in [2.24, 2.45) is 0 Å². The Labute approximate surface area is 157 Å². The molecule has 0 aliphatic heterocycles. The topological polar surface area (TPSA) is 74.5 Å². The third-order valence-electron chi connectivity index (χ3n) is 4.31. The molecule has 0 N–H and O–H groups in total. The highest BCUT2D eigenvalue weighted by molar-refractivity contribution is 7.99. The fourth-order valence-electron chi connectivity index (χ4n) is 2.84. The summed E-state index contributed by atoms with van der Waals surface area (Å²) in [6.07, 6.45) is 6.52. The molecule has 1 aromatic heterocycles. The molecular formula is C19H24N2O4S. The second-order valence-electron chi connectivity index (χ2n) is 6.29. The van der Waals surface area contributed by atoms with Crippen LogP contribution in [0.5, 0.6) is 5.75 Å². The van der Waals surface area contributed by atoms with Gasteiger partial charge in [0.05, 0.1) is 0 Å². The summed E-state index contributed by atoms with van der Waals surface area (Å²) >= 11 is 1.19. The van der Waals surface area contributed by atoms with Gasteiger partial charge < -0.3 is 13.9 Å². The van der Waals surface area contributed by atoms with Crippen molar-refractivity contribution in [2.75, 3.05) is 5.75 Å². The van der Waals surface area contributed by atoms with Gasteiger partial charge in [-0.15, -0.1) is 10.2 Å². The summed E-state index contributed by atoms with van der Waals surface area (Å²) in [6.45, 7) is 2.31. The lowest BCUT2D eigenvalue weighted by atomic mass is 9.98. The van der Waals surface area contributed by atoms with E-state index in [4.69, 9.17) is 13.9 Å². The molecule has 0 spiro atoms. The molecule has 7 heteroatoms. The van der Waals surface area contributed by atoms with Gasteiger partial charge in [-0.05, 0) is 49.8 Å². The maximum Gasteiger partial charge on any atom is 0.316 e. The molecule has 3 rings (SSSR count). The van der Waals surface area contributed by atoms with Crippen LogP contribution in [0.1, 0.15) is 50.5 Å². The number of rotatable bonds is 8. The molecule has 1 aliphatic carbocycles.